The number of nitrogens with two attached hydrogens (primary N) is 1. The lowest BCUT2D eigenvalue weighted by Gasteiger charge is -2.33. The lowest BCUT2D eigenvalue weighted by atomic mass is 9.99. The van der Waals surface area contributed by atoms with Gasteiger partial charge >= 0.3 is 11.9 Å². The summed E-state index contributed by atoms with van der Waals surface area (Å²) in [5, 5.41) is 44.8. The van der Waals surface area contributed by atoms with Crippen LogP contribution in [0.4, 0.5) is 0 Å². The van der Waals surface area contributed by atoms with Gasteiger partial charge in [-0.05, 0) is 30.7 Å². The Kier molecular flexibility index (Phi) is 20.1. The average molecular weight is 708 g/mol. The summed E-state index contributed by atoms with van der Waals surface area (Å²) in [6.45, 7) is 3.79. The maximum absolute atomic E-state index is 14.1. The van der Waals surface area contributed by atoms with Gasteiger partial charge in [-0.15, -0.1) is 0 Å². The van der Waals surface area contributed by atoms with Gasteiger partial charge in [0.05, 0.1) is 13.2 Å². The first-order chi connectivity index (χ1) is 23.7. The van der Waals surface area contributed by atoms with E-state index in [4.69, 9.17) is 10.8 Å². The van der Waals surface area contributed by atoms with E-state index in [1.165, 1.54) is 0 Å². The zero-order chi connectivity index (χ0) is 37.8. The Morgan fingerprint density at radius 1 is 0.760 bits per heavy atom. The smallest absolute Gasteiger partial charge is 0.326 e. The Morgan fingerprint density at radius 2 is 1.34 bits per heavy atom. The fourth-order valence-corrected chi connectivity index (χ4v) is 5.08. The lowest BCUT2D eigenvalue weighted by molar-refractivity contribution is -0.153. The van der Waals surface area contributed by atoms with Crippen molar-refractivity contribution in [2.24, 2.45) is 11.7 Å². The molecule has 1 rings (SSSR count). The molecule has 1 aromatic carbocycles. The van der Waals surface area contributed by atoms with E-state index in [-0.39, 0.29) is 25.2 Å². The number of unbranched alkanes of at least 4 members (excludes halogenated alkanes) is 4. The fourth-order valence-electron chi connectivity index (χ4n) is 5.08. The molecule has 0 spiro atoms. The van der Waals surface area contributed by atoms with Gasteiger partial charge in [0.15, 0.2) is 0 Å². The summed E-state index contributed by atoms with van der Waals surface area (Å²) in [5.74, 6) is -7.59. The van der Waals surface area contributed by atoms with E-state index in [9.17, 15) is 48.9 Å². The molecule has 0 fully saturated rings. The van der Waals surface area contributed by atoms with Crippen molar-refractivity contribution >= 4 is 41.5 Å². The molecule has 16 nitrogen and oxygen atoms in total. The van der Waals surface area contributed by atoms with Crippen molar-refractivity contribution in [2.45, 2.75) is 115 Å². The molecule has 0 unspecified atom stereocenters. The van der Waals surface area contributed by atoms with Crippen LogP contribution in [0, 0.1) is 5.92 Å². The van der Waals surface area contributed by atoms with Crippen LogP contribution in [0.3, 0.4) is 0 Å². The zero-order valence-corrected chi connectivity index (χ0v) is 29.0. The van der Waals surface area contributed by atoms with Gasteiger partial charge in [0.2, 0.25) is 29.5 Å². The highest BCUT2D eigenvalue weighted by atomic mass is 16.4. The number of carboxylic acid groups (broad SMARTS) is 2. The van der Waals surface area contributed by atoms with Crippen molar-refractivity contribution in [1.29, 1.82) is 0 Å². The Labute approximate surface area is 292 Å². The van der Waals surface area contributed by atoms with Crippen LogP contribution in [0.25, 0.3) is 0 Å². The van der Waals surface area contributed by atoms with E-state index in [0.29, 0.717) is 18.4 Å². The molecule has 280 valence electrons. The first kappa shape index (κ1) is 43.6. The summed E-state index contributed by atoms with van der Waals surface area (Å²) >= 11 is 0. The number of imide groups is 1. The number of aliphatic hydroxyl groups excluding tert-OH is 2. The van der Waals surface area contributed by atoms with E-state index >= 15 is 0 Å². The van der Waals surface area contributed by atoms with Crippen molar-refractivity contribution in [3.63, 3.8) is 0 Å². The van der Waals surface area contributed by atoms with Crippen LogP contribution in [0.1, 0.15) is 84.1 Å². The van der Waals surface area contributed by atoms with Gasteiger partial charge in [-0.3, -0.25) is 33.7 Å². The van der Waals surface area contributed by atoms with Gasteiger partial charge in [0, 0.05) is 19.3 Å². The van der Waals surface area contributed by atoms with Gasteiger partial charge in [0.25, 0.3) is 0 Å². The highest BCUT2D eigenvalue weighted by Gasteiger charge is 2.39. The third-order valence-electron chi connectivity index (χ3n) is 7.82. The minimum absolute atomic E-state index is 0.0151. The van der Waals surface area contributed by atoms with Crippen molar-refractivity contribution in [2.75, 3.05) is 13.2 Å². The van der Waals surface area contributed by atoms with Gasteiger partial charge < -0.3 is 42.1 Å². The standard InChI is InChI=1S/C34H53N5O11/c1-4-5-6-7-11-14-28(42)39(33(48)23(35)19-40)27(18-22-12-9-8-10-13-22)32(47)37-25(17-21(2)3)30(45)38-26(20-41)31(46)36-24(34(49)50)15-16-29(43)44/h8-10,12-13,21,23-27,40-41H,4-7,11,14-20,35H2,1-3H3,(H,36,46)(H,37,47)(H,38,45)(H,43,44)(H,49,50)/t23-,24-,25-,26-,27-/m0/s1. The van der Waals surface area contributed by atoms with E-state index in [2.05, 4.69) is 16.0 Å². The maximum Gasteiger partial charge on any atom is 0.326 e. The van der Waals surface area contributed by atoms with Gasteiger partial charge in [-0.25, -0.2) is 4.79 Å². The number of carbonyl (C=O) groups excluding carboxylic acids is 5. The SMILES string of the molecule is CCCCCCCC(=O)N(C(=O)[C@@H](N)CO)[C@@H](Cc1ccccc1)C(=O)N[C@@H](CC(C)C)C(=O)N[C@@H](CO)C(=O)N[C@@H](CCC(=O)O)C(=O)O. The summed E-state index contributed by atoms with van der Waals surface area (Å²) in [6, 6.07) is 0.896. The second kappa shape index (κ2) is 23.1. The minimum Gasteiger partial charge on any atom is -0.481 e. The van der Waals surface area contributed by atoms with Crippen molar-refractivity contribution in [1.82, 2.24) is 20.9 Å². The van der Waals surface area contributed by atoms with Crippen LogP contribution in [0.2, 0.25) is 0 Å². The van der Waals surface area contributed by atoms with Gasteiger partial charge in [0.1, 0.15) is 30.2 Å². The van der Waals surface area contributed by atoms with Crippen molar-refractivity contribution < 1.29 is 54.0 Å². The minimum atomic E-state index is -1.67. The number of carbonyl (C=O) groups is 7. The molecule has 9 N–H and O–H groups in total. The largest absolute Gasteiger partial charge is 0.481 e. The van der Waals surface area contributed by atoms with E-state index in [0.717, 1.165) is 24.2 Å². The lowest BCUT2D eigenvalue weighted by Crippen LogP contribution is -2.61. The number of carboxylic acids is 2. The molecule has 16 heteroatoms. The van der Waals surface area contributed by atoms with Crippen molar-refractivity contribution in [3.05, 3.63) is 35.9 Å². The molecule has 0 aliphatic carbocycles. The first-order valence-electron chi connectivity index (χ1n) is 16.9. The molecule has 0 saturated carbocycles. The molecular weight excluding hydrogens is 654 g/mol. The topological polar surface area (TPSA) is 266 Å². The molecule has 0 heterocycles. The molecule has 0 saturated heterocycles. The molecule has 5 amide bonds. The Balaban J connectivity index is 3.41. The van der Waals surface area contributed by atoms with Gasteiger partial charge in [-0.2, -0.15) is 0 Å². The predicted molar refractivity (Wildman–Crippen MR) is 181 cm³/mol. The highest BCUT2D eigenvalue weighted by molar-refractivity contribution is 6.03. The third-order valence-corrected chi connectivity index (χ3v) is 7.82. The Bertz CT molecular complexity index is 1280. The molecule has 0 bridgehead atoms. The average Bonchev–Trinajstić information content (AvgIpc) is 3.07. The zero-order valence-electron chi connectivity index (χ0n) is 29.0. The summed E-state index contributed by atoms with van der Waals surface area (Å²) < 4.78 is 0. The number of nitrogens with one attached hydrogen (secondary N) is 3. The molecule has 1 aromatic rings. The Hall–Kier alpha value is -4.41. The van der Waals surface area contributed by atoms with E-state index in [1.807, 2.05) is 6.92 Å². The van der Waals surface area contributed by atoms with Gasteiger partial charge in [-0.1, -0.05) is 76.8 Å². The van der Waals surface area contributed by atoms with E-state index < -0.39 is 97.7 Å². The first-order valence-corrected chi connectivity index (χ1v) is 16.9. The fraction of sp³-hybridized carbons (Fsp3) is 0.618. The number of aliphatic hydroxyl groups is 2. The second-order valence-corrected chi connectivity index (χ2v) is 12.5. The quantitative estimate of drug-likeness (QED) is 0.0664. The molecule has 50 heavy (non-hydrogen) atoms. The van der Waals surface area contributed by atoms with Crippen LogP contribution >= 0.6 is 0 Å². The molecule has 0 radical (unpaired) electrons. The normalized spacial score (nSPS) is 14.1. The maximum atomic E-state index is 14.1. The van der Waals surface area contributed by atoms with Crippen LogP contribution in [0.15, 0.2) is 30.3 Å². The third kappa shape index (κ3) is 15.4. The number of aliphatic carboxylic acids is 2. The van der Waals surface area contributed by atoms with Crippen molar-refractivity contribution in [3.8, 4) is 0 Å². The highest BCUT2D eigenvalue weighted by Crippen LogP contribution is 2.17. The van der Waals surface area contributed by atoms with Crippen LogP contribution in [0.5, 0.6) is 0 Å². The van der Waals surface area contributed by atoms with E-state index in [1.54, 1.807) is 44.2 Å². The summed E-state index contributed by atoms with van der Waals surface area (Å²) in [6.07, 6.45) is 2.75. The second-order valence-electron chi connectivity index (χ2n) is 12.5. The monoisotopic (exact) mass is 707 g/mol. The number of nitrogens with zero attached hydrogens (tertiary/aromatic N) is 1. The Morgan fingerprint density at radius 3 is 1.88 bits per heavy atom. The molecule has 0 aliphatic rings. The predicted octanol–water partition coefficient (Wildman–Crippen LogP) is 0.0752. The number of benzene rings is 1. The van der Waals surface area contributed by atoms with Crippen LogP contribution < -0.4 is 21.7 Å². The molecular formula is C34H53N5O11. The summed E-state index contributed by atoms with van der Waals surface area (Å²) in [4.78, 5) is 90.7. The molecule has 5 atom stereocenters. The number of rotatable bonds is 24. The van der Waals surface area contributed by atoms with Crippen LogP contribution in [-0.4, -0.2) is 110 Å². The number of hydrogen-bond donors (Lipinski definition) is 8. The molecule has 0 aromatic heterocycles. The summed E-state index contributed by atoms with van der Waals surface area (Å²) in [7, 11) is 0. The summed E-state index contributed by atoms with van der Waals surface area (Å²) in [5.41, 5.74) is 6.44. The number of amides is 5. The molecule has 0 aliphatic heterocycles. The number of hydrogen-bond acceptors (Lipinski definition) is 10. The van der Waals surface area contributed by atoms with Crippen LogP contribution in [-0.2, 0) is 40.0 Å².